The van der Waals surface area contributed by atoms with Gasteiger partial charge < -0.3 is 35.1 Å². The van der Waals surface area contributed by atoms with Crippen molar-refractivity contribution in [1.82, 2.24) is 19.8 Å². The van der Waals surface area contributed by atoms with Crippen LogP contribution in [0.25, 0.3) is 11.0 Å². The van der Waals surface area contributed by atoms with Crippen molar-refractivity contribution in [3.8, 4) is 5.75 Å². The minimum absolute atomic E-state index is 0.0298. The van der Waals surface area contributed by atoms with Gasteiger partial charge in [-0.05, 0) is 43.5 Å². The van der Waals surface area contributed by atoms with E-state index >= 15 is 0 Å². The monoisotopic (exact) mass is 508 g/mol. The summed E-state index contributed by atoms with van der Waals surface area (Å²) in [6.07, 6.45) is 3.89. The molecule has 0 saturated carbocycles. The van der Waals surface area contributed by atoms with Crippen molar-refractivity contribution in [2.24, 2.45) is 0 Å². The Morgan fingerprint density at radius 3 is 2.70 bits per heavy atom. The number of carbonyl (C=O) groups is 1. The molecule has 3 aromatic rings. The first-order valence-corrected chi connectivity index (χ1v) is 13.0. The Labute approximate surface area is 216 Å². The number of aromatic nitrogens is 2. The molecule has 0 bridgehead atoms. The van der Waals surface area contributed by atoms with Crippen LogP contribution < -0.4 is 15.4 Å². The third-order valence-electron chi connectivity index (χ3n) is 7.29. The molecule has 4 N–H and O–H groups in total. The van der Waals surface area contributed by atoms with Crippen LogP contribution in [0.1, 0.15) is 28.8 Å². The second-order valence-corrected chi connectivity index (χ2v) is 9.61. The largest absolute Gasteiger partial charge is 0.495 e. The molecule has 0 atom stereocenters. The van der Waals surface area contributed by atoms with Gasteiger partial charge in [-0.25, -0.2) is 4.98 Å². The van der Waals surface area contributed by atoms with Crippen molar-refractivity contribution < 1.29 is 19.4 Å². The molecular formula is C27H36N6O4. The molecule has 1 aromatic carbocycles. The molecular weight excluding hydrogens is 472 g/mol. The van der Waals surface area contributed by atoms with E-state index in [2.05, 4.69) is 20.5 Å². The summed E-state index contributed by atoms with van der Waals surface area (Å²) >= 11 is 0. The molecule has 10 nitrogen and oxygen atoms in total. The van der Waals surface area contributed by atoms with Crippen molar-refractivity contribution >= 4 is 34.1 Å². The highest BCUT2D eigenvalue weighted by molar-refractivity contribution is 5.96. The van der Waals surface area contributed by atoms with Gasteiger partial charge in [-0.1, -0.05) is 0 Å². The number of aliphatic hydroxyl groups excluding tert-OH is 1. The van der Waals surface area contributed by atoms with Crippen LogP contribution >= 0.6 is 0 Å². The maximum absolute atomic E-state index is 13.3. The van der Waals surface area contributed by atoms with Crippen LogP contribution in [0.15, 0.2) is 30.5 Å². The number of nitrogens with zero attached hydrogens (tertiary/aromatic N) is 3. The molecule has 37 heavy (non-hydrogen) atoms. The first-order valence-electron chi connectivity index (χ1n) is 13.0. The fourth-order valence-corrected chi connectivity index (χ4v) is 5.32. The number of morpholine rings is 1. The summed E-state index contributed by atoms with van der Waals surface area (Å²) < 4.78 is 11.1. The topological polar surface area (TPSA) is 115 Å². The summed E-state index contributed by atoms with van der Waals surface area (Å²) in [4.78, 5) is 25.6. The first kappa shape index (κ1) is 25.3. The third-order valence-corrected chi connectivity index (χ3v) is 7.29. The number of fused-ring (bicyclic) bond motifs is 1. The number of pyridine rings is 1. The lowest BCUT2D eigenvalue weighted by atomic mass is 10.0. The second kappa shape index (κ2) is 11.4. The highest BCUT2D eigenvalue weighted by atomic mass is 16.5. The molecule has 2 aliphatic rings. The summed E-state index contributed by atoms with van der Waals surface area (Å²) in [7, 11) is 1.60. The van der Waals surface area contributed by atoms with Gasteiger partial charge in [-0.3, -0.25) is 9.69 Å². The number of likely N-dealkylation sites (tertiary alicyclic amines) is 1. The van der Waals surface area contributed by atoms with E-state index in [0.717, 1.165) is 74.5 Å². The van der Waals surface area contributed by atoms with Crippen LogP contribution in [0.4, 0.5) is 17.2 Å². The van der Waals surface area contributed by atoms with Gasteiger partial charge in [0.2, 0.25) is 0 Å². The number of rotatable bonds is 8. The van der Waals surface area contributed by atoms with Crippen LogP contribution in [0, 0.1) is 6.92 Å². The maximum atomic E-state index is 13.3. The third kappa shape index (κ3) is 5.51. The summed E-state index contributed by atoms with van der Waals surface area (Å²) in [5.74, 6) is 1.23. The molecule has 0 unspecified atom stereocenters. The van der Waals surface area contributed by atoms with E-state index in [1.165, 1.54) is 0 Å². The number of aliphatic hydroxyl groups is 1. The Balaban J connectivity index is 1.29. The zero-order chi connectivity index (χ0) is 25.8. The van der Waals surface area contributed by atoms with Crippen LogP contribution in [-0.4, -0.2) is 96.5 Å². The number of amides is 1. The molecule has 198 valence electrons. The summed E-state index contributed by atoms with van der Waals surface area (Å²) in [5, 5.41) is 16.9. The molecule has 4 heterocycles. The highest BCUT2D eigenvalue weighted by Crippen LogP contribution is 2.33. The van der Waals surface area contributed by atoms with E-state index in [0.29, 0.717) is 35.4 Å². The molecule has 0 aliphatic carbocycles. The Morgan fingerprint density at radius 2 is 1.97 bits per heavy atom. The summed E-state index contributed by atoms with van der Waals surface area (Å²) in [6.45, 7) is 7.56. The highest BCUT2D eigenvalue weighted by Gasteiger charge is 2.28. The standard InChI is InChI=1S/C27H36N6O4/c1-18-17-29-26-25(18)22(28-7-12-34)16-24(31-26)30-21-4-3-19(15-23(21)36-2)27(35)33-8-5-20(6-9-33)32-10-13-37-14-11-32/h3-4,15-17,20,34H,5-14H2,1-2H3,(H3,28,29,30,31). The van der Waals surface area contributed by atoms with Crippen molar-refractivity contribution in [3.63, 3.8) is 0 Å². The molecule has 0 radical (unpaired) electrons. The number of carbonyl (C=O) groups excluding carboxylic acids is 1. The van der Waals surface area contributed by atoms with E-state index < -0.39 is 0 Å². The van der Waals surface area contributed by atoms with E-state index in [1.54, 1.807) is 13.2 Å². The number of ether oxygens (including phenoxy) is 2. The molecule has 5 rings (SSSR count). The Bertz CT molecular complexity index is 1230. The SMILES string of the molecule is COc1cc(C(=O)N2CCC(N3CCOCC3)CC2)ccc1Nc1cc(NCCO)c2c(C)c[nH]c2n1. The van der Waals surface area contributed by atoms with Crippen LogP contribution in [0.2, 0.25) is 0 Å². The molecule has 1 amide bonds. The summed E-state index contributed by atoms with van der Waals surface area (Å²) in [5.41, 5.74) is 4.03. The number of methoxy groups -OCH3 is 1. The van der Waals surface area contributed by atoms with Gasteiger partial charge in [0.1, 0.15) is 17.2 Å². The Morgan fingerprint density at radius 1 is 1.19 bits per heavy atom. The second-order valence-electron chi connectivity index (χ2n) is 9.61. The minimum atomic E-state index is 0.0298. The molecule has 0 spiro atoms. The van der Waals surface area contributed by atoms with E-state index in [1.807, 2.05) is 36.2 Å². The lowest BCUT2D eigenvalue weighted by molar-refractivity contribution is 0.00159. The quantitative estimate of drug-likeness (QED) is 0.367. The Hall–Kier alpha value is -3.34. The lowest BCUT2D eigenvalue weighted by Gasteiger charge is -2.40. The average molecular weight is 509 g/mol. The smallest absolute Gasteiger partial charge is 0.253 e. The van der Waals surface area contributed by atoms with Crippen molar-refractivity contribution in [2.75, 3.05) is 70.3 Å². The molecule has 2 fully saturated rings. The maximum Gasteiger partial charge on any atom is 0.253 e. The lowest BCUT2D eigenvalue weighted by Crippen LogP contribution is -2.50. The van der Waals surface area contributed by atoms with Crippen molar-refractivity contribution in [2.45, 2.75) is 25.8 Å². The molecule has 2 saturated heterocycles. The normalized spacial score (nSPS) is 17.2. The van der Waals surface area contributed by atoms with Gasteiger partial charge in [0.15, 0.2) is 0 Å². The first-order chi connectivity index (χ1) is 18.1. The van der Waals surface area contributed by atoms with Crippen molar-refractivity contribution in [1.29, 1.82) is 0 Å². The number of nitrogens with one attached hydrogen (secondary N) is 3. The number of H-pyrrole nitrogens is 1. The zero-order valence-corrected chi connectivity index (χ0v) is 21.5. The predicted octanol–water partition coefficient (Wildman–Crippen LogP) is 2.96. The van der Waals surface area contributed by atoms with Gasteiger partial charge in [0.05, 0.1) is 32.6 Å². The van der Waals surface area contributed by atoms with Crippen LogP contribution in [0.5, 0.6) is 5.75 Å². The van der Waals surface area contributed by atoms with Gasteiger partial charge in [0.25, 0.3) is 5.91 Å². The van der Waals surface area contributed by atoms with E-state index in [4.69, 9.17) is 14.5 Å². The number of hydrogen-bond donors (Lipinski definition) is 4. The van der Waals surface area contributed by atoms with Crippen molar-refractivity contribution in [3.05, 3.63) is 41.6 Å². The molecule has 10 heteroatoms. The average Bonchev–Trinajstić information content (AvgIpc) is 3.32. The molecule has 2 aromatic heterocycles. The van der Waals surface area contributed by atoms with E-state index in [9.17, 15) is 9.90 Å². The number of aryl methyl sites for hydroxylation is 1. The fraction of sp³-hybridized carbons (Fsp3) is 0.481. The van der Waals surface area contributed by atoms with Gasteiger partial charge in [-0.2, -0.15) is 0 Å². The van der Waals surface area contributed by atoms with Gasteiger partial charge in [0, 0.05) is 67.7 Å². The van der Waals surface area contributed by atoms with Crippen LogP contribution in [0.3, 0.4) is 0 Å². The molecule has 2 aliphatic heterocycles. The van der Waals surface area contributed by atoms with Crippen LogP contribution in [-0.2, 0) is 4.74 Å². The summed E-state index contributed by atoms with van der Waals surface area (Å²) in [6, 6.07) is 7.93. The van der Waals surface area contributed by atoms with E-state index in [-0.39, 0.29) is 12.5 Å². The number of hydrogen-bond acceptors (Lipinski definition) is 8. The number of piperidine rings is 1. The van der Waals surface area contributed by atoms with Gasteiger partial charge in [-0.15, -0.1) is 0 Å². The Kier molecular flexibility index (Phi) is 7.78. The number of aromatic amines is 1. The number of benzene rings is 1. The zero-order valence-electron chi connectivity index (χ0n) is 21.5. The van der Waals surface area contributed by atoms with Gasteiger partial charge >= 0.3 is 0 Å². The minimum Gasteiger partial charge on any atom is -0.495 e. The fourth-order valence-electron chi connectivity index (χ4n) is 5.32. The predicted molar refractivity (Wildman–Crippen MR) is 144 cm³/mol. The number of anilines is 3.